The van der Waals surface area contributed by atoms with E-state index in [4.69, 9.17) is 0 Å². The number of hydrogen-bond acceptors (Lipinski definition) is 2. The fourth-order valence-electron chi connectivity index (χ4n) is 2.88. The van der Waals surface area contributed by atoms with Crippen LogP contribution in [-0.4, -0.2) is 31.1 Å². The van der Waals surface area contributed by atoms with Crippen LogP contribution in [0.4, 0.5) is 0 Å². The van der Waals surface area contributed by atoms with Gasteiger partial charge in [0.25, 0.3) is 0 Å². The molecule has 0 aliphatic carbocycles. The van der Waals surface area contributed by atoms with Crippen molar-refractivity contribution in [1.29, 1.82) is 0 Å². The molecule has 0 radical (unpaired) electrons. The predicted molar refractivity (Wildman–Crippen MR) is 87.1 cm³/mol. The van der Waals surface area contributed by atoms with E-state index in [1.807, 2.05) is 0 Å². The van der Waals surface area contributed by atoms with Gasteiger partial charge in [-0.1, -0.05) is 43.7 Å². The van der Waals surface area contributed by atoms with Gasteiger partial charge in [0.15, 0.2) is 0 Å². The zero-order chi connectivity index (χ0) is 14.5. The molecule has 1 heterocycles. The Labute approximate surface area is 123 Å². The molecule has 2 heteroatoms. The number of piperazine rings is 1. The van der Waals surface area contributed by atoms with E-state index in [0.29, 0.717) is 12.0 Å². The van der Waals surface area contributed by atoms with Crippen molar-refractivity contribution in [1.82, 2.24) is 10.2 Å². The van der Waals surface area contributed by atoms with Crippen LogP contribution in [0.5, 0.6) is 0 Å². The van der Waals surface area contributed by atoms with Gasteiger partial charge in [0, 0.05) is 32.2 Å². The molecular formula is C18H28N2. The Morgan fingerprint density at radius 2 is 1.70 bits per heavy atom. The lowest BCUT2D eigenvalue weighted by Crippen LogP contribution is -2.45. The van der Waals surface area contributed by atoms with Crippen LogP contribution in [0.2, 0.25) is 0 Å². The number of benzene rings is 1. The van der Waals surface area contributed by atoms with Crippen LogP contribution in [0.3, 0.4) is 0 Å². The first-order chi connectivity index (χ1) is 9.58. The molecule has 1 atom stereocenters. The summed E-state index contributed by atoms with van der Waals surface area (Å²) in [5, 5.41) is 3.43. The molecule has 1 aliphatic rings. The summed E-state index contributed by atoms with van der Waals surface area (Å²) in [6.45, 7) is 15.2. The minimum atomic E-state index is 0.482. The smallest absolute Gasteiger partial charge is 0.0386 e. The molecule has 0 spiro atoms. The van der Waals surface area contributed by atoms with E-state index in [9.17, 15) is 0 Å². The molecule has 0 saturated carbocycles. The van der Waals surface area contributed by atoms with Crippen molar-refractivity contribution in [2.45, 2.75) is 39.2 Å². The Balaban J connectivity index is 2.18. The average Bonchev–Trinajstić information content (AvgIpc) is 2.45. The fraction of sp³-hybridized carbons (Fsp3) is 0.556. The average molecular weight is 272 g/mol. The lowest BCUT2D eigenvalue weighted by atomic mass is 9.95. The SMILES string of the molecule is C=C(C)C[C@@H](c1ccc(C(C)C)cc1)N1CCNCC1. The van der Waals surface area contributed by atoms with Gasteiger partial charge in [-0.25, -0.2) is 0 Å². The van der Waals surface area contributed by atoms with E-state index in [-0.39, 0.29) is 0 Å². The van der Waals surface area contributed by atoms with Gasteiger partial charge in [-0.3, -0.25) is 4.90 Å². The Hall–Kier alpha value is -1.12. The molecule has 0 bridgehead atoms. The van der Waals surface area contributed by atoms with Gasteiger partial charge in [-0.05, 0) is 30.4 Å². The Morgan fingerprint density at radius 1 is 1.15 bits per heavy atom. The zero-order valence-electron chi connectivity index (χ0n) is 13.2. The molecule has 2 rings (SSSR count). The van der Waals surface area contributed by atoms with Crippen LogP contribution in [0, 0.1) is 0 Å². The van der Waals surface area contributed by atoms with Crippen LogP contribution in [0.25, 0.3) is 0 Å². The first kappa shape index (κ1) is 15.3. The summed E-state index contributed by atoms with van der Waals surface area (Å²) in [5.41, 5.74) is 4.11. The molecule has 0 amide bonds. The lowest BCUT2D eigenvalue weighted by Gasteiger charge is -2.35. The Morgan fingerprint density at radius 3 is 2.20 bits per heavy atom. The van der Waals surface area contributed by atoms with Crippen LogP contribution in [-0.2, 0) is 0 Å². The van der Waals surface area contributed by atoms with Gasteiger partial charge in [-0.15, -0.1) is 6.58 Å². The number of nitrogens with zero attached hydrogens (tertiary/aromatic N) is 1. The molecule has 1 aliphatic heterocycles. The van der Waals surface area contributed by atoms with E-state index < -0.39 is 0 Å². The Kier molecular flexibility index (Phi) is 5.38. The first-order valence-electron chi connectivity index (χ1n) is 7.77. The highest BCUT2D eigenvalue weighted by atomic mass is 15.2. The van der Waals surface area contributed by atoms with Crippen LogP contribution in [0.15, 0.2) is 36.4 Å². The lowest BCUT2D eigenvalue weighted by molar-refractivity contribution is 0.172. The molecule has 1 N–H and O–H groups in total. The van der Waals surface area contributed by atoms with Gasteiger partial charge in [0.05, 0.1) is 0 Å². The van der Waals surface area contributed by atoms with Crippen molar-refractivity contribution < 1.29 is 0 Å². The Bertz CT molecular complexity index is 427. The highest BCUT2D eigenvalue weighted by Gasteiger charge is 2.22. The third-order valence-corrected chi connectivity index (χ3v) is 4.12. The summed E-state index contributed by atoms with van der Waals surface area (Å²) in [7, 11) is 0. The summed E-state index contributed by atoms with van der Waals surface area (Å²) in [5.74, 6) is 0.600. The maximum Gasteiger partial charge on any atom is 0.0386 e. The third kappa shape index (κ3) is 3.94. The third-order valence-electron chi connectivity index (χ3n) is 4.12. The molecule has 1 saturated heterocycles. The molecule has 0 aromatic heterocycles. The van der Waals surface area contributed by atoms with Crippen LogP contribution >= 0.6 is 0 Å². The molecule has 0 unspecified atom stereocenters. The van der Waals surface area contributed by atoms with Crippen molar-refractivity contribution in [2.75, 3.05) is 26.2 Å². The highest BCUT2D eigenvalue weighted by molar-refractivity contribution is 5.28. The largest absolute Gasteiger partial charge is 0.314 e. The molecule has 110 valence electrons. The summed E-state index contributed by atoms with van der Waals surface area (Å²) in [6, 6.07) is 9.67. The minimum absolute atomic E-state index is 0.482. The monoisotopic (exact) mass is 272 g/mol. The number of nitrogens with one attached hydrogen (secondary N) is 1. The second-order valence-corrected chi connectivity index (χ2v) is 6.28. The van der Waals surface area contributed by atoms with Crippen molar-refractivity contribution in [3.05, 3.63) is 47.5 Å². The summed E-state index contributed by atoms with van der Waals surface area (Å²) < 4.78 is 0. The minimum Gasteiger partial charge on any atom is -0.314 e. The van der Waals surface area contributed by atoms with E-state index in [0.717, 1.165) is 32.6 Å². The maximum atomic E-state index is 4.12. The quantitative estimate of drug-likeness (QED) is 0.822. The standard InChI is InChI=1S/C18H28N2/c1-14(2)13-18(20-11-9-19-10-12-20)17-7-5-16(6-8-17)15(3)4/h5-8,15,18-19H,1,9-13H2,2-4H3/t18-/m0/s1. The molecule has 1 aromatic rings. The molecule has 20 heavy (non-hydrogen) atoms. The fourth-order valence-corrected chi connectivity index (χ4v) is 2.88. The van der Waals surface area contributed by atoms with Gasteiger partial charge in [0.2, 0.25) is 0 Å². The van der Waals surface area contributed by atoms with Gasteiger partial charge >= 0.3 is 0 Å². The topological polar surface area (TPSA) is 15.3 Å². The predicted octanol–water partition coefficient (Wildman–Crippen LogP) is 3.72. The van der Waals surface area contributed by atoms with E-state index >= 15 is 0 Å². The summed E-state index contributed by atoms with van der Waals surface area (Å²) in [4.78, 5) is 2.59. The molecular weight excluding hydrogens is 244 g/mol. The van der Waals surface area contributed by atoms with Gasteiger partial charge in [-0.2, -0.15) is 0 Å². The van der Waals surface area contributed by atoms with Crippen molar-refractivity contribution in [3.63, 3.8) is 0 Å². The van der Waals surface area contributed by atoms with Crippen molar-refractivity contribution in [3.8, 4) is 0 Å². The maximum absolute atomic E-state index is 4.12. The first-order valence-corrected chi connectivity index (χ1v) is 7.77. The zero-order valence-corrected chi connectivity index (χ0v) is 13.2. The van der Waals surface area contributed by atoms with Crippen LogP contribution < -0.4 is 5.32 Å². The highest BCUT2D eigenvalue weighted by Crippen LogP contribution is 2.28. The number of rotatable bonds is 5. The number of hydrogen-bond donors (Lipinski definition) is 1. The molecule has 2 nitrogen and oxygen atoms in total. The van der Waals surface area contributed by atoms with Gasteiger partial charge in [0.1, 0.15) is 0 Å². The molecule has 1 fully saturated rings. The summed E-state index contributed by atoms with van der Waals surface area (Å²) in [6.07, 6.45) is 1.06. The molecule has 1 aromatic carbocycles. The van der Waals surface area contributed by atoms with Gasteiger partial charge < -0.3 is 5.32 Å². The normalized spacial score (nSPS) is 18.2. The van der Waals surface area contributed by atoms with Crippen molar-refractivity contribution in [2.24, 2.45) is 0 Å². The van der Waals surface area contributed by atoms with Crippen LogP contribution in [0.1, 0.15) is 50.3 Å². The second kappa shape index (κ2) is 7.05. The van der Waals surface area contributed by atoms with E-state index in [2.05, 4.69) is 61.8 Å². The second-order valence-electron chi connectivity index (χ2n) is 6.28. The van der Waals surface area contributed by atoms with E-state index in [1.165, 1.54) is 16.7 Å². The van der Waals surface area contributed by atoms with Crippen molar-refractivity contribution >= 4 is 0 Å². The summed E-state index contributed by atoms with van der Waals surface area (Å²) >= 11 is 0. The van der Waals surface area contributed by atoms with E-state index in [1.54, 1.807) is 0 Å².